The van der Waals surface area contributed by atoms with Crippen LogP contribution in [0, 0.1) is 0 Å². The Labute approximate surface area is 103 Å². The summed E-state index contributed by atoms with van der Waals surface area (Å²) in [6.07, 6.45) is 0. The van der Waals surface area contributed by atoms with E-state index in [1.807, 2.05) is 6.07 Å². The van der Waals surface area contributed by atoms with Crippen LogP contribution in [0.1, 0.15) is 0 Å². The molecule has 3 N–H and O–H groups in total. The van der Waals surface area contributed by atoms with Gasteiger partial charge in [0, 0.05) is 5.02 Å². The van der Waals surface area contributed by atoms with Crippen molar-refractivity contribution in [1.29, 1.82) is 0 Å². The van der Waals surface area contributed by atoms with Gasteiger partial charge in [-0.3, -0.25) is 0 Å². The maximum Gasteiger partial charge on any atom is 0.132 e. The summed E-state index contributed by atoms with van der Waals surface area (Å²) < 4.78 is 0. The lowest BCUT2D eigenvalue weighted by Crippen LogP contribution is -1.96. The molecule has 0 aliphatic carbocycles. The molecule has 0 bridgehead atoms. The number of hydrogen-bond donors (Lipinski definition) is 2. The quantitative estimate of drug-likeness (QED) is 0.858. The van der Waals surface area contributed by atoms with Crippen LogP contribution < -0.4 is 11.1 Å². The summed E-state index contributed by atoms with van der Waals surface area (Å²) in [5.41, 5.74) is 6.31. The lowest BCUT2D eigenvalue weighted by Gasteiger charge is -2.07. The number of nitrogens with two attached hydrogens (primary N) is 1. The molecule has 0 spiro atoms. The summed E-state index contributed by atoms with van der Waals surface area (Å²) in [6.45, 7) is 0. The number of nitrogens with one attached hydrogen (secondary N) is 1. The first-order valence-corrected chi connectivity index (χ1v) is 5.35. The molecule has 2 rings (SSSR count). The van der Waals surface area contributed by atoms with Crippen LogP contribution in [-0.2, 0) is 0 Å². The lowest BCUT2D eigenvalue weighted by atomic mass is 10.3. The highest BCUT2D eigenvalue weighted by molar-refractivity contribution is 6.36. The third kappa shape index (κ3) is 2.56. The predicted molar refractivity (Wildman–Crippen MR) is 68.4 cm³/mol. The summed E-state index contributed by atoms with van der Waals surface area (Å²) >= 11 is 11.8. The Morgan fingerprint density at radius 3 is 2.62 bits per heavy atom. The maximum atomic E-state index is 6.01. The molecule has 0 aliphatic heterocycles. The molecule has 0 saturated carbocycles. The van der Waals surface area contributed by atoms with Crippen LogP contribution in [0.5, 0.6) is 0 Å². The summed E-state index contributed by atoms with van der Waals surface area (Å²) in [6, 6.07) is 10.5. The Kier molecular flexibility index (Phi) is 3.17. The molecular formula is C11H9Cl2N3. The number of rotatable bonds is 2. The predicted octanol–water partition coefficient (Wildman–Crippen LogP) is 3.71. The first-order chi connectivity index (χ1) is 7.65. The summed E-state index contributed by atoms with van der Waals surface area (Å²) in [5, 5.41) is 4.19. The van der Waals surface area contributed by atoms with E-state index in [0.717, 1.165) is 5.69 Å². The minimum Gasteiger partial charge on any atom is -0.384 e. The number of nitrogen functional groups attached to an aromatic ring is 1. The van der Waals surface area contributed by atoms with Gasteiger partial charge in [-0.05, 0) is 30.3 Å². The molecule has 0 fully saturated rings. The fraction of sp³-hybridized carbons (Fsp3) is 0. The fourth-order valence-corrected chi connectivity index (χ4v) is 1.71. The van der Waals surface area contributed by atoms with Gasteiger partial charge in [-0.25, -0.2) is 4.98 Å². The first kappa shape index (κ1) is 11.0. The molecule has 1 heterocycles. The van der Waals surface area contributed by atoms with Crippen molar-refractivity contribution in [2.24, 2.45) is 0 Å². The normalized spacial score (nSPS) is 10.1. The van der Waals surface area contributed by atoms with E-state index >= 15 is 0 Å². The monoisotopic (exact) mass is 253 g/mol. The number of halogens is 2. The second-order valence-electron chi connectivity index (χ2n) is 3.20. The Morgan fingerprint density at radius 2 is 1.94 bits per heavy atom. The molecule has 1 aromatic carbocycles. The number of aromatic nitrogens is 1. The summed E-state index contributed by atoms with van der Waals surface area (Å²) in [4.78, 5) is 4.11. The van der Waals surface area contributed by atoms with Crippen molar-refractivity contribution in [2.75, 3.05) is 11.1 Å². The van der Waals surface area contributed by atoms with Gasteiger partial charge in [-0.15, -0.1) is 0 Å². The number of pyridine rings is 1. The fourth-order valence-electron chi connectivity index (χ4n) is 1.25. The third-order valence-corrected chi connectivity index (χ3v) is 2.51. The number of benzene rings is 1. The molecule has 0 unspecified atom stereocenters. The van der Waals surface area contributed by atoms with Crippen molar-refractivity contribution >= 4 is 40.5 Å². The summed E-state index contributed by atoms with van der Waals surface area (Å²) in [5.74, 6) is 1.10. The van der Waals surface area contributed by atoms with E-state index in [0.29, 0.717) is 21.7 Å². The van der Waals surface area contributed by atoms with Gasteiger partial charge in [-0.1, -0.05) is 29.3 Å². The molecule has 3 nitrogen and oxygen atoms in total. The van der Waals surface area contributed by atoms with Gasteiger partial charge in [0.2, 0.25) is 0 Å². The zero-order valence-corrected chi connectivity index (χ0v) is 9.76. The molecule has 0 saturated heterocycles. The van der Waals surface area contributed by atoms with E-state index in [9.17, 15) is 0 Å². The highest BCUT2D eigenvalue weighted by atomic mass is 35.5. The molecular weight excluding hydrogens is 245 g/mol. The number of anilines is 3. The Hall–Kier alpha value is -1.45. The Bertz CT molecular complexity index is 514. The Balaban J connectivity index is 2.27. The molecule has 5 heteroatoms. The molecule has 2 aromatic rings. The Morgan fingerprint density at radius 1 is 1.12 bits per heavy atom. The van der Waals surface area contributed by atoms with E-state index in [-0.39, 0.29) is 0 Å². The summed E-state index contributed by atoms with van der Waals surface area (Å²) in [7, 11) is 0. The van der Waals surface area contributed by atoms with Crippen molar-refractivity contribution in [1.82, 2.24) is 4.98 Å². The molecule has 82 valence electrons. The number of hydrogen-bond acceptors (Lipinski definition) is 3. The minimum atomic E-state index is 0.454. The van der Waals surface area contributed by atoms with Gasteiger partial charge >= 0.3 is 0 Å². The molecule has 16 heavy (non-hydrogen) atoms. The molecule has 0 radical (unpaired) electrons. The first-order valence-electron chi connectivity index (χ1n) is 4.60. The van der Waals surface area contributed by atoms with Crippen LogP contribution in [0.4, 0.5) is 17.3 Å². The van der Waals surface area contributed by atoms with Crippen LogP contribution in [0.2, 0.25) is 10.0 Å². The second-order valence-corrected chi connectivity index (χ2v) is 4.04. The minimum absolute atomic E-state index is 0.454. The van der Waals surface area contributed by atoms with Crippen molar-refractivity contribution in [3.63, 3.8) is 0 Å². The van der Waals surface area contributed by atoms with Gasteiger partial charge in [0.05, 0.1) is 10.7 Å². The van der Waals surface area contributed by atoms with Crippen LogP contribution in [0.3, 0.4) is 0 Å². The van der Waals surface area contributed by atoms with Crippen LogP contribution in [-0.4, -0.2) is 4.98 Å². The average molecular weight is 254 g/mol. The zero-order chi connectivity index (χ0) is 11.5. The van der Waals surface area contributed by atoms with Gasteiger partial charge < -0.3 is 11.1 Å². The molecule has 0 aliphatic rings. The topological polar surface area (TPSA) is 50.9 Å². The van der Waals surface area contributed by atoms with Crippen LogP contribution >= 0.6 is 23.2 Å². The largest absolute Gasteiger partial charge is 0.384 e. The SMILES string of the molecule is Nc1cccc(Nc2ccc(Cl)cc2Cl)n1. The van der Waals surface area contributed by atoms with Crippen molar-refractivity contribution in [2.45, 2.75) is 0 Å². The van der Waals surface area contributed by atoms with E-state index in [4.69, 9.17) is 28.9 Å². The molecule has 0 atom stereocenters. The van der Waals surface area contributed by atoms with E-state index in [1.165, 1.54) is 0 Å². The van der Waals surface area contributed by atoms with Gasteiger partial charge in [-0.2, -0.15) is 0 Å². The van der Waals surface area contributed by atoms with Crippen LogP contribution in [0.15, 0.2) is 36.4 Å². The average Bonchev–Trinajstić information content (AvgIpc) is 2.22. The molecule has 1 aromatic heterocycles. The third-order valence-electron chi connectivity index (χ3n) is 1.96. The van der Waals surface area contributed by atoms with E-state index in [1.54, 1.807) is 30.3 Å². The standard InChI is InChI=1S/C11H9Cl2N3/c12-7-4-5-9(8(13)6-7)15-11-3-1-2-10(14)16-11/h1-6H,(H3,14,15,16). The number of nitrogens with zero attached hydrogens (tertiary/aromatic N) is 1. The van der Waals surface area contributed by atoms with Gasteiger partial charge in [0.25, 0.3) is 0 Å². The zero-order valence-electron chi connectivity index (χ0n) is 8.24. The maximum absolute atomic E-state index is 6.01. The van der Waals surface area contributed by atoms with Crippen molar-refractivity contribution < 1.29 is 0 Å². The lowest BCUT2D eigenvalue weighted by molar-refractivity contribution is 1.32. The van der Waals surface area contributed by atoms with E-state index in [2.05, 4.69) is 10.3 Å². The molecule has 0 amide bonds. The highest BCUT2D eigenvalue weighted by Crippen LogP contribution is 2.27. The van der Waals surface area contributed by atoms with Gasteiger partial charge in [0.15, 0.2) is 0 Å². The van der Waals surface area contributed by atoms with Gasteiger partial charge in [0.1, 0.15) is 11.6 Å². The van der Waals surface area contributed by atoms with Crippen LogP contribution in [0.25, 0.3) is 0 Å². The van der Waals surface area contributed by atoms with E-state index < -0.39 is 0 Å². The van der Waals surface area contributed by atoms with Crippen molar-refractivity contribution in [3.05, 3.63) is 46.4 Å². The smallest absolute Gasteiger partial charge is 0.132 e. The highest BCUT2D eigenvalue weighted by Gasteiger charge is 2.02. The second kappa shape index (κ2) is 4.60. The van der Waals surface area contributed by atoms with Crippen molar-refractivity contribution in [3.8, 4) is 0 Å².